The summed E-state index contributed by atoms with van der Waals surface area (Å²) >= 11 is 0. The molecule has 0 aliphatic rings. The maximum atomic E-state index is 12.6. The maximum absolute atomic E-state index is 12.6. The van der Waals surface area contributed by atoms with Gasteiger partial charge in [-0.3, -0.25) is 4.79 Å². The van der Waals surface area contributed by atoms with E-state index in [0.29, 0.717) is 22.9 Å². The standard InChI is InChI=1S/C23H25N3O3/c1-5-16-8-6-7-15(2)22(16)25-18-9-10-21(24-14-18)26-23(27)17-11-19(28-3)13-20(12-17)29-4/h6-14,25H,5H2,1-4H3,(H,24,26,27). The normalized spacial score (nSPS) is 10.3. The minimum absolute atomic E-state index is 0.289. The second-order valence-corrected chi connectivity index (χ2v) is 6.58. The zero-order valence-electron chi connectivity index (χ0n) is 17.1. The van der Waals surface area contributed by atoms with Crippen LogP contribution >= 0.6 is 0 Å². The van der Waals surface area contributed by atoms with Crippen molar-refractivity contribution in [1.82, 2.24) is 4.98 Å². The first-order valence-electron chi connectivity index (χ1n) is 9.40. The Kier molecular flexibility index (Phi) is 6.34. The molecule has 2 N–H and O–H groups in total. The van der Waals surface area contributed by atoms with Gasteiger partial charge in [-0.05, 0) is 48.7 Å². The first-order chi connectivity index (χ1) is 14.0. The number of aryl methyl sites for hydroxylation is 2. The molecule has 0 aliphatic heterocycles. The summed E-state index contributed by atoms with van der Waals surface area (Å²) in [6.07, 6.45) is 2.64. The number of nitrogens with zero attached hydrogens (tertiary/aromatic N) is 1. The van der Waals surface area contributed by atoms with E-state index in [0.717, 1.165) is 17.8 Å². The molecule has 0 unspecified atom stereocenters. The van der Waals surface area contributed by atoms with Gasteiger partial charge in [-0.25, -0.2) is 4.98 Å². The Morgan fingerprint density at radius 3 is 2.34 bits per heavy atom. The second-order valence-electron chi connectivity index (χ2n) is 6.58. The molecule has 0 saturated carbocycles. The van der Waals surface area contributed by atoms with Gasteiger partial charge in [0.05, 0.1) is 26.1 Å². The Morgan fingerprint density at radius 1 is 1.03 bits per heavy atom. The zero-order valence-corrected chi connectivity index (χ0v) is 17.1. The van der Waals surface area contributed by atoms with Crippen molar-refractivity contribution in [2.75, 3.05) is 24.9 Å². The van der Waals surface area contributed by atoms with E-state index >= 15 is 0 Å². The maximum Gasteiger partial charge on any atom is 0.257 e. The Balaban J connectivity index is 1.74. The predicted molar refractivity (Wildman–Crippen MR) is 116 cm³/mol. The summed E-state index contributed by atoms with van der Waals surface area (Å²) in [5.74, 6) is 1.27. The number of para-hydroxylation sites is 1. The number of ether oxygens (including phenoxy) is 2. The fourth-order valence-electron chi connectivity index (χ4n) is 3.02. The molecule has 29 heavy (non-hydrogen) atoms. The number of rotatable bonds is 7. The van der Waals surface area contributed by atoms with Crippen LogP contribution in [0.5, 0.6) is 11.5 Å². The number of anilines is 3. The van der Waals surface area contributed by atoms with Gasteiger partial charge in [0.25, 0.3) is 5.91 Å². The molecule has 0 spiro atoms. The number of amides is 1. The van der Waals surface area contributed by atoms with Gasteiger partial charge in [0.15, 0.2) is 0 Å². The predicted octanol–water partition coefficient (Wildman–Crippen LogP) is 4.97. The monoisotopic (exact) mass is 391 g/mol. The largest absolute Gasteiger partial charge is 0.497 e. The van der Waals surface area contributed by atoms with E-state index < -0.39 is 0 Å². The molecule has 1 heterocycles. The van der Waals surface area contributed by atoms with Crippen molar-refractivity contribution >= 4 is 23.1 Å². The van der Waals surface area contributed by atoms with Crippen LogP contribution in [0.3, 0.4) is 0 Å². The molecule has 3 aromatic rings. The van der Waals surface area contributed by atoms with Crippen LogP contribution in [0.4, 0.5) is 17.2 Å². The van der Waals surface area contributed by atoms with Gasteiger partial charge in [-0.2, -0.15) is 0 Å². The summed E-state index contributed by atoms with van der Waals surface area (Å²) in [6, 6.07) is 14.9. The van der Waals surface area contributed by atoms with Crippen molar-refractivity contribution in [3.05, 3.63) is 71.4 Å². The van der Waals surface area contributed by atoms with Crippen molar-refractivity contribution in [2.45, 2.75) is 20.3 Å². The first kappa shape index (κ1) is 20.2. The Labute approximate surface area is 170 Å². The van der Waals surface area contributed by atoms with Crippen molar-refractivity contribution in [1.29, 1.82) is 0 Å². The SMILES string of the molecule is CCc1cccc(C)c1Nc1ccc(NC(=O)c2cc(OC)cc(OC)c2)nc1. The molecule has 0 atom stereocenters. The van der Waals surface area contributed by atoms with E-state index in [1.54, 1.807) is 44.7 Å². The average molecular weight is 391 g/mol. The van der Waals surface area contributed by atoms with Crippen LogP contribution in [-0.2, 0) is 6.42 Å². The van der Waals surface area contributed by atoms with E-state index in [4.69, 9.17) is 9.47 Å². The van der Waals surface area contributed by atoms with Gasteiger partial charge in [-0.15, -0.1) is 0 Å². The molecular weight excluding hydrogens is 366 g/mol. The number of nitrogens with one attached hydrogen (secondary N) is 2. The molecule has 0 aliphatic carbocycles. The molecule has 6 nitrogen and oxygen atoms in total. The van der Waals surface area contributed by atoms with Crippen molar-refractivity contribution in [2.24, 2.45) is 0 Å². The van der Waals surface area contributed by atoms with E-state index in [1.165, 1.54) is 11.1 Å². The van der Waals surface area contributed by atoms with Crippen molar-refractivity contribution < 1.29 is 14.3 Å². The highest BCUT2D eigenvalue weighted by molar-refractivity contribution is 6.04. The molecule has 0 fully saturated rings. The number of hydrogen-bond acceptors (Lipinski definition) is 5. The minimum Gasteiger partial charge on any atom is -0.497 e. The highest BCUT2D eigenvalue weighted by Gasteiger charge is 2.11. The fourth-order valence-corrected chi connectivity index (χ4v) is 3.02. The van der Waals surface area contributed by atoms with Gasteiger partial charge in [0, 0.05) is 17.3 Å². The third kappa shape index (κ3) is 4.85. The van der Waals surface area contributed by atoms with Crippen LogP contribution in [0.15, 0.2) is 54.7 Å². The molecule has 150 valence electrons. The van der Waals surface area contributed by atoms with Crippen LogP contribution in [0.25, 0.3) is 0 Å². The van der Waals surface area contributed by atoms with Crippen LogP contribution in [0, 0.1) is 6.92 Å². The Morgan fingerprint density at radius 2 is 1.76 bits per heavy atom. The van der Waals surface area contributed by atoms with Crippen LogP contribution in [0.2, 0.25) is 0 Å². The molecule has 1 amide bonds. The van der Waals surface area contributed by atoms with Gasteiger partial charge in [-0.1, -0.05) is 25.1 Å². The molecule has 2 aromatic carbocycles. The van der Waals surface area contributed by atoms with E-state index in [1.807, 2.05) is 6.07 Å². The van der Waals surface area contributed by atoms with Crippen LogP contribution in [-0.4, -0.2) is 25.1 Å². The quantitative estimate of drug-likeness (QED) is 0.595. The first-order valence-corrected chi connectivity index (χ1v) is 9.40. The topological polar surface area (TPSA) is 72.5 Å². The molecule has 0 radical (unpaired) electrons. The zero-order chi connectivity index (χ0) is 20.8. The third-order valence-corrected chi connectivity index (χ3v) is 4.63. The lowest BCUT2D eigenvalue weighted by Gasteiger charge is -2.14. The smallest absolute Gasteiger partial charge is 0.257 e. The Hall–Kier alpha value is -3.54. The molecule has 6 heteroatoms. The van der Waals surface area contributed by atoms with E-state index in [2.05, 4.69) is 47.7 Å². The number of aromatic nitrogens is 1. The Bertz CT molecular complexity index is 978. The molecule has 3 rings (SSSR count). The highest BCUT2D eigenvalue weighted by Crippen LogP contribution is 2.26. The third-order valence-electron chi connectivity index (χ3n) is 4.63. The second kappa shape index (κ2) is 9.10. The summed E-state index contributed by atoms with van der Waals surface area (Å²) in [7, 11) is 3.09. The lowest BCUT2D eigenvalue weighted by Crippen LogP contribution is -2.13. The summed E-state index contributed by atoms with van der Waals surface area (Å²) in [4.78, 5) is 16.9. The summed E-state index contributed by atoms with van der Waals surface area (Å²) in [6.45, 7) is 4.20. The van der Waals surface area contributed by atoms with Gasteiger partial charge >= 0.3 is 0 Å². The summed E-state index contributed by atoms with van der Waals surface area (Å²) in [5, 5.41) is 6.22. The van der Waals surface area contributed by atoms with Crippen LogP contribution < -0.4 is 20.1 Å². The number of hydrogen-bond donors (Lipinski definition) is 2. The van der Waals surface area contributed by atoms with E-state index in [9.17, 15) is 4.79 Å². The van der Waals surface area contributed by atoms with Gasteiger partial charge in [0.1, 0.15) is 17.3 Å². The van der Waals surface area contributed by atoms with Crippen molar-refractivity contribution in [3.8, 4) is 11.5 Å². The average Bonchev–Trinajstić information content (AvgIpc) is 2.75. The number of methoxy groups -OCH3 is 2. The molecule has 0 saturated heterocycles. The highest BCUT2D eigenvalue weighted by atomic mass is 16.5. The number of pyridine rings is 1. The fraction of sp³-hybridized carbons (Fsp3) is 0.217. The number of benzene rings is 2. The molecular formula is C23H25N3O3. The van der Waals surface area contributed by atoms with E-state index in [-0.39, 0.29) is 5.91 Å². The lowest BCUT2D eigenvalue weighted by molar-refractivity contribution is 0.102. The molecule has 0 bridgehead atoms. The van der Waals surface area contributed by atoms with Crippen LogP contribution in [0.1, 0.15) is 28.4 Å². The minimum atomic E-state index is -0.289. The van der Waals surface area contributed by atoms with Gasteiger partial charge < -0.3 is 20.1 Å². The molecule has 1 aromatic heterocycles. The summed E-state index contributed by atoms with van der Waals surface area (Å²) in [5.41, 5.74) is 4.80. The lowest BCUT2D eigenvalue weighted by atomic mass is 10.1. The number of carbonyl (C=O) groups is 1. The van der Waals surface area contributed by atoms with Crippen molar-refractivity contribution in [3.63, 3.8) is 0 Å². The van der Waals surface area contributed by atoms with Gasteiger partial charge in [0.2, 0.25) is 0 Å². The summed E-state index contributed by atoms with van der Waals surface area (Å²) < 4.78 is 10.4. The number of carbonyl (C=O) groups excluding carboxylic acids is 1.